The number of rotatable bonds is 6. The molecule has 2 unspecified atom stereocenters. The highest BCUT2D eigenvalue weighted by Crippen LogP contribution is 2.33. The third kappa shape index (κ3) is 4.71. The molecule has 2 heterocycles. The zero-order valence-corrected chi connectivity index (χ0v) is 12.5. The summed E-state index contributed by atoms with van der Waals surface area (Å²) in [6.45, 7) is 10.3. The van der Waals surface area contributed by atoms with Crippen LogP contribution in [0.2, 0.25) is 0 Å². The predicted molar refractivity (Wildman–Crippen MR) is 77.5 cm³/mol. The Morgan fingerprint density at radius 2 is 2.05 bits per heavy atom. The first-order chi connectivity index (χ1) is 9.24. The fourth-order valence-corrected chi connectivity index (χ4v) is 3.13. The van der Waals surface area contributed by atoms with Crippen molar-refractivity contribution in [1.29, 1.82) is 0 Å². The molecule has 2 aliphatic heterocycles. The number of hydrogen-bond acceptors (Lipinski definition) is 4. The standard InChI is InChI=1S/C15H30N2O2/c1-3-15(4-7-18-8-5-15)12-17-13(2)10-14-11-19-9-6-16-14/h13-14,16-17H,3-12H2,1-2H3. The molecule has 2 fully saturated rings. The lowest BCUT2D eigenvalue weighted by Gasteiger charge is -2.38. The van der Waals surface area contributed by atoms with Gasteiger partial charge in [0.05, 0.1) is 13.2 Å². The summed E-state index contributed by atoms with van der Waals surface area (Å²) in [7, 11) is 0. The van der Waals surface area contributed by atoms with Crippen LogP contribution in [0.1, 0.15) is 39.5 Å². The monoisotopic (exact) mass is 270 g/mol. The molecule has 112 valence electrons. The summed E-state index contributed by atoms with van der Waals surface area (Å²) in [4.78, 5) is 0. The minimum Gasteiger partial charge on any atom is -0.381 e. The molecule has 19 heavy (non-hydrogen) atoms. The number of morpholine rings is 1. The van der Waals surface area contributed by atoms with E-state index < -0.39 is 0 Å². The Bertz CT molecular complexity index is 249. The summed E-state index contributed by atoms with van der Waals surface area (Å²) in [6.07, 6.45) is 4.80. The van der Waals surface area contributed by atoms with E-state index in [4.69, 9.17) is 9.47 Å². The third-order valence-electron chi connectivity index (χ3n) is 4.77. The van der Waals surface area contributed by atoms with Gasteiger partial charge in [-0.25, -0.2) is 0 Å². The largest absolute Gasteiger partial charge is 0.381 e. The lowest BCUT2D eigenvalue weighted by molar-refractivity contribution is 0.0110. The van der Waals surface area contributed by atoms with Gasteiger partial charge in [-0.2, -0.15) is 0 Å². The second-order valence-corrected chi connectivity index (χ2v) is 6.21. The quantitative estimate of drug-likeness (QED) is 0.768. The van der Waals surface area contributed by atoms with Gasteiger partial charge in [0.1, 0.15) is 0 Å². The van der Waals surface area contributed by atoms with E-state index >= 15 is 0 Å². The summed E-state index contributed by atoms with van der Waals surface area (Å²) in [6, 6.07) is 1.06. The molecule has 2 saturated heterocycles. The highest BCUT2D eigenvalue weighted by atomic mass is 16.5. The van der Waals surface area contributed by atoms with Crippen LogP contribution in [-0.2, 0) is 9.47 Å². The molecule has 0 aromatic carbocycles. The lowest BCUT2D eigenvalue weighted by Crippen LogP contribution is -2.47. The molecular weight excluding hydrogens is 240 g/mol. The van der Waals surface area contributed by atoms with E-state index in [9.17, 15) is 0 Å². The van der Waals surface area contributed by atoms with E-state index in [2.05, 4.69) is 24.5 Å². The lowest BCUT2D eigenvalue weighted by atomic mass is 9.77. The van der Waals surface area contributed by atoms with Crippen molar-refractivity contribution in [2.24, 2.45) is 5.41 Å². The van der Waals surface area contributed by atoms with Crippen LogP contribution in [0.5, 0.6) is 0 Å². The second kappa shape index (κ2) is 7.58. The van der Waals surface area contributed by atoms with E-state index in [0.717, 1.165) is 45.9 Å². The van der Waals surface area contributed by atoms with Crippen LogP contribution < -0.4 is 10.6 Å². The van der Waals surface area contributed by atoms with Gasteiger partial charge < -0.3 is 20.1 Å². The molecule has 0 saturated carbocycles. The van der Waals surface area contributed by atoms with Crippen LogP contribution >= 0.6 is 0 Å². The molecule has 0 aromatic rings. The Hall–Kier alpha value is -0.160. The highest BCUT2D eigenvalue weighted by Gasteiger charge is 2.31. The van der Waals surface area contributed by atoms with Gasteiger partial charge in [0.15, 0.2) is 0 Å². The molecule has 4 heteroatoms. The van der Waals surface area contributed by atoms with Crippen molar-refractivity contribution in [1.82, 2.24) is 10.6 Å². The molecule has 0 amide bonds. The Morgan fingerprint density at radius 3 is 2.68 bits per heavy atom. The summed E-state index contributed by atoms with van der Waals surface area (Å²) < 4.78 is 11.0. The fraction of sp³-hybridized carbons (Fsp3) is 1.00. The third-order valence-corrected chi connectivity index (χ3v) is 4.77. The normalized spacial score (nSPS) is 29.1. The Labute approximate surface area is 117 Å². The van der Waals surface area contributed by atoms with Crippen LogP contribution in [0.25, 0.3) is 0 Å². The van der Waals surface area contributed by atoms with E-state index in [1.54, 1.807) is 0 Å². The molecule has 0 radical (unpaired) electrons. The summed E-state index contributed by atoms with van der Waals surface area (Å²) in [5.74, 6) is 0. The van der Waals surface area contributed by atoms with Gasteiger partial charge in [0, 0.05) is 38.4 Å². The molecule has 0 aliphatic carbocycles. The molecular formula is C15H30N2O2. The van der Waals surface area contributed by atoms with Gasteiger partial charge in [0.25, 0.3) is 0 Å². The minimum atomic E-state index is 0.461. The first-order valence-electron chi connectivity index (χ1n) is 7.86. The van der Waals surface area contributed by atoms with Crippen molar-refractivity contribution < 1.29 is 9.47 Å². The van der Waals surface area contributed by atoms with E-state index in [1.807, 2.05) is 0 Å². The summed E-state index contributed by atoms with van der Waals surface area (Å²) >= 11 is 0. The molecule has 2 N–H and O–H groups in total. The van der Waals surface area contributed by atoms with Gasteiger partial charge in [0.2, 0.25) is 0 Å². The van der Waals surface area contributed by atoms with E-state index in [0.29, 0.717) is 17.5 Å². The molecule has 2 atom stereocenters. The van der Waals surface area contributed by atoms with Crippen molar-refractivity contribution in [3.8, 4) is 0 Å². The van der Waals surface area contributed by atoms with Crippen molar-refractivity contribution in [3.63, 3.8) is 0 Å². The smallest absolute Gasteiger partial charge is 0.0620 e. The Balaban J connectivity index is 1.70. The summed E-state index contributed by atoms with van der Waals surface area (Å²) in [5.41, 5.74) is 0.461. The maximum absolute atomic E-state index is 5.51. The number of ether oxygens (including phenoxy) is 2. The van der Waals surface area contributed by atoms with Gasteiger partial charge >= 0.3 is 0 Å². The zero-order valence-electron chi connectivity index (χ0n) is 12.5. The van der Waals surface area contributed by atoms with Gasteiger partial charge in [-0.3, -0.25) is 0 Å². The summed E-state index contributed by atoms with van der Waals surface area (Å²) in [5, 5.41) is 7.27. The van der Waals surface area contributed by atoms with Crippen molar-refractivity contribution in [2.45, 2.75) is 51.6 Å². The molecule has 0 spiro atoms. The maximum Gasteiger partial charge on any atom is 0.0620 e. The van der Waals surface area contributed by atoms with Gasteiger partial charge in [-0.05, 0) is 38.0 Å². The minimum absolute atomic E-state index is 0.461. The number of nitrogens with one attached hydrogen (secondary N) is 2. The van der Waals surface area contributed by atoms with Crippen LogP contribution in [-0.4, -0.2) is 51.6 Å². The van der Waals surface area contributed by atoms with Gasteiger partial charge in [-0.1, -0.05) is 6.92 Å². The molecule has 2 aliphatic rings. The molecule has 4 nitrogen and oxygen atoms in total. The van der Waals surface area contributed by atoms with E-state index in [1.165, 1.54) is 19.3 Å². The van der Waals surface area contributed by atoms with Crippen molar-refractivity contribution in [2.75, 3.05) is 39.5 Å². The average Bonchev–Trinajstić information content (AvgIpc) is 2.47. The van der Waals surface area contributed by atoms with Crippen LogP contribution in [0.4, 0.5) is 0 Å². The SMILES string of the molecule is CCC1(CNC(C)CC2COCCN2)CCOCC1. The maximum atomic E-state index is 5.51. The van der Waals surface area contributed by atoms with E-state index in [-0.39, 0.29) is 0 Å². The molecule has 0 bridgehead atoms. The Morgan fingerprint density at radius 1 is 1.26 bits per heavy atom. The fourth-order valence-electron chi connectivity index (χ4n) is 3.13. The Kier molecular flexibility index (Phi) is 6.07. The highest BCUT2D eigenvalue weighted by molar-refractivity contribution is 4.85. The van der Waals surface area contributed by atoms with Crippen molar-refractivity contribution in [3.05, 3.63) is 0 Å². The zero-order chi connectivity index (χ0) is 13.6. The van der Waals surface area contributed by atoms with Crippen molar-refractivity contribution >= 4 is 0 Å². The van der Waals surface area contributed by atoms with Gasteiger partial charge in [-0.15, -0.1) is 0 Å². The predicted octanol–water partition coefficient (Wildman–Crippen LogP) is 1.55. The first kappa shape index (κ1) is 15.2. The second-order valence-electron chi connectivity index (χ2n) is 6.21. The van der Waals surface area contributed by atoms with Crippen LogP contribution in [0.3, 0.4) is 0 Å². The van der Waals surface area contributed by atoms with Crippen LogP contribution in [0.15, 0.2) is 0 Å². The molecule has 0 aromatic heterocycles. The first-order valence-corrected chi connectivity index (χ1v) is 7.86. The number of hydrogen-bond donors (Lipinski definition) is 2. The molecule has 2 rings (SSSR count). The average molecular weight is 270 g/mol. The topological polar surface area (TPSA) is 42.5 Å². The van der Waals surface area contributed by atoms with Crippen LogP contribution in [0, 0.1) is 5.41 Å².